The van der Waals surface area contributed by atoms with E-state index in [4.69, 9.17) is 5.73 Å². The van der Waals surface area contributed by atoms with Crippen molar-refractivity contribution in [2.24, 2.45) is 17.6 Å². The van der Waals surface area contributed by atoms with E-state index in [0.717, 1.165) is 31.8 Å². The van der Waals surface area contributed by atoms with E-state index in [1.165, 1.54) is 19.3 Å². The highest BCUT2D eigenvalue weighted by molar-refractivity contribution is 5.78. The summed E-state index contributed by atoms with van der Waals surface area (Å²) in [7, 11) is 0. The number of hydrogen-bond donors (Lipinski definition) is 1. The number of rotatable bonds is 7. The average Bonchev–Trinajstić information content (AvgIpc) is 2.24. The van der Waals surface area contributed by atoms with Crippen LogP contribution < -0.4 is 5.73 Å². The second-order valence-corrected chi connectivity index (χ2v) is 5.01. The van der Waals surface area contributed by atoms with Crippen LogP contribution in [0.2, 0.25) is 0 Å². The quantitative estimate of drug-likeness (QED) is 0.722. The summed E-state index contributed by atoms with van der Waals surface area (Å²) in [4.78, 5) is 14.2. The van der Waals surface area contributed by atoms with E-state index in [1.54, 1.807) is 0 Å². The molecule has 1 saturated carbocycles. The number of nitrogens with two attached hydrogens (primary N) is 1. The molecule has 0 aromatic rings. The minimum atomic E-state index is 0.142. The highest BCUT2D eigenvalue weighted by Gasteiger charge is 2.24. The first-order valence-corrected chi connectivity index (χ1v) is 6.67. The Morgan fingerprint density at radius 3 is 2.62 bits per heavy atom. The van der Waals surface area contributed by atoms with Gasteiger partial charge in [-0.25, -0.2) is 0 Å². The van der Waals surface area contributed by atoms with Crippen molar-refractivity contribution in [3.63, 3.8) is 0 Å². The maximum Gasteiger partial charge on any atom is 0.225 e. The van der Waals surface area contributed by atoms with Crippen LogP contribution in [0.4, 0.5) is 0 Å². The van der Waals surface area contributed by atoms with Crippen LogP contribution in [0.15, 0.2) is 0 Å². The summed E-state index contributed by atoms with van der Waals surface area (Å²) in [5, 5.41) is 0. The first-order valence-electron chi connectivity index (χ1n) is 6.67. The second kappa shape index (κ2) is 6.89. The van der Waals surface area contributed by atoms with Crippen molar-refractivity contribution < 1.29 is 4.79 Å². The first kappa shape index (κ1) is 13.5. The molecule has 0 aliphatic heterocycles. The summed E-state index contributed by atoms with van der Waals surface area (Å²) in [5.41, 5.74) is 5.47. The minimum absolute atomic E-state index is 0.142. The molecule has 1 unspecified atom stereocenters. The van der Waals surface area contributed by atoms with Gasteiger partial charge in [0.05, 0.1) is 0 Å². The molecule has 0 bridgehead atoms. The molecular formula is C13H26N2O. The summed E-state index contributed by atoms with van der Waals surface area (Å²) >= 11 is 0. The molecule has 0 aromatic heterocycles. The van der Waals surface area contributed by atoms with Crippen LogP contribution in [0, 0.1) is 11.8 Å². The molecular weight excluding hydrogens is 200 g/mol. The van der Waals surface area contributed by atoms with Gasteiger partial charge in [-0.3, -0.25) is 4.79 Å². The molecule has 1 aliphatic carbocycles. The molecule has 0 aromatic carbocycles. The lowest BCUT2D eigenvalue weighted by Crippen LogP contribution is -2.40. The summed E-state index contributed by atoms with van der Waals surface area (Å²) in [6.07, 6.45) is 5.84. The highest BCUT2D eigenvalue weighted by Crippen LogP contribution is 2.27. The number of hydrogen-bond acceptors (Lipinski definition) is 2. The maximum absolute atomic E-state index is 12.1. The molecule has 1 amide bonds. The number of carbonyl (C=O) groups is 1. The summed E-state index contributed by atoms with van der Waals surface area (Å²) < 4.78 is 0. The van der Waals surface area contributed by atoms with Crippen molar-refractivity contribution in [3.05, 3.63) is 0 Å². The Hall–Kier alpha value is -0.570. The van der Waals surface area contributed by atoms with Crippen molar-refractivity contribution in [2.75, 3.05) is 19.6 Å². The van der Waals surface area contributed by atoms with Gasteiger partial charge in [-0.1, -0.05) is 13.3 Å². The second-order valence-electron chi connectivity index (χ2n) is 5.01. The van der Waals surface area contributed by atoms with Crippen molar-refractivity contribution in [1.29, 1.82) is 0 Å². The van der Waals surface area contributed by atoms with Crippen molar-refractivity contribution in [3.8, 4) is 0 Å². The zero-order valence-corrected chi connectivity index (χ0v) is 10.7. The predicted octanol–water partition coefficient (Wildman–Crippen LogP) is 2.01. The molecule has 1 fully saturated rings. The highest BCUT2D eigenvalue weighted by atomic mass is 16.2. The third kappa shape index (κ3) is 3.78. The van der Waals surface area contributed by atoms with Crippen LogP contribution in [0.5, 0.6) is 0 Å². The molecule has 3 nitrogen and oxygen atoms in total. The maximum atomic E-state index is 12.1. The predicted molar refractivity (Wildman–Crippen MR) is 67.0 cm³/mol. The van der Waals surface area contributed by atoms with Crippen LogP contribution in [0.3, 0.4) is 0 Å². The lowest BCUT2D eigenvalue weighted by molar-refractivity contribution is -0.136. The lowest BCUT2D eigenvalue weighted by atomic mass is 9.85. The Morgan fingerprint density at radius 1 is 1.50 bits per heavy atom. The largest absolute Gasteiger partial charge is 0.342 e. The van der Waals surface area contributed by atoms with Gasteiger partial charge in [-0.05, 0) is 45.1 Å². The minimum Gasteiger partial charge on any atom is -0.342 e. The molecule has 1 atom stereocenters. The third-order valence-electron chi connectivity index (χ3n) is 3.66. The van der Waals surface area contributed by atoms with Gasteiger partial charge in [0.2, 0.25) is 5.91 Å². The zero-order chi connectivity index (χ0) is 12.0. The Bertz CT molecular complexity index is 214. The van der Waals surface area contributed by atoms with Gasteiger partial charge < -0.3 is 10.6 Å². The number of nitrogens with zero attached hydrogens (tertiary/aromatic N) is 1. The van der Waals surface area contributed by atoms with Crippen molar-refractivity contribution in [1.82, 2.24) is 4.90 Å². The van der Waals surface area contributed by atoms with E-state index in [1.807, 2.05) is 11.8 Å². The summed E-state index contributed by atoms with van der Waals surface area (Å²) in [6, 6.07) is 0. The van der Waals surface area contributed by atoms with Crippen molar-refractivity contribution in [2.45, 2.75) is 46.0 Å². The van der Waals surface area contributed by atoms with Gasteiger partial charge >= 0.3 is 0 Å². The molecule has 0 spiro atoms. The zero-order valence-electron chi connectivity index (χ0n) is 10.7. The fourth-order valence-electron chi connectivity index (χ4n) is 2.22. The van der Waals surface area contributed by atoms with Crippen LogP contribution in [0.1, 0.15) is 46.0 Å². The number of carbonyl (C=O) groups excluding carboxylic acids is 1. The van der Waals surface area contributed by atoms with E-state index < -0.39 is 0 Å². The van der Waals surface area contributed by atoms with Crippen LogP contribution in [-0.2, 0) is 4.79 Å². The fraction of sp³-hybridized carbons (Fsp3) is 0.923. The Balaban J connectivity index is 2.34. The van der Waals surface area contributed by atoms with Crippen LogP contribution >= 0.6 is 0 Å². The molecule has 94 valence electrons. The van der Waals surface area contributed by atoms with Crippen LogP contribution in [-0.4, -0.2) is 30.4 Å². The van der Waals surface area contributed by atoms with Gasteiger partial charge in [-0.2, -0.15) is 0 Å². The molecule has 0 saturated heterocycles. The van der Waals surface area contributed by atoms with Gasteiger partial charge in [0, 0.05) is 19.0 Å². The summed E-state index contributed by atoms with van der Waals surface area (Å²) in [5.74, 6) is 1.23. The van der Waals surface area contributed by atoms with E-state index in [2.05, 4.69) is 6.92 Å². The SMILES string of the molecule is CCN(CC1CCC1)C(=O)C(C)CCCN. The molecule has 2 N–H and O–H groups in total. The smallest absolute Gasteiger partial charge is 0.225 e. The monoisotopic (exact) mass is 226 g/mol. The van der Waals surface area contributed by atoms with E-state index in [9.17, 15) is 4.79 Å². The van der Waals surface area contributed by atoms with Crippen LogP contribution in [0.25, 0.3) is 0 Å². The standard InChI is InChI=1S/C13H26N2O/c1-3-15(10-12-7-4-8-12)13(16)11(2)6-5-9-14/h11-12H,3-10,14H2,1-2H3. The van der Waals surface area contributed by atoms with Gasteiger partial charge in [0.15, 0.2) is 0 Å². The average molecular weight is 226 g/mol. The van der Waals surface area contributed by atoms with Gasteiger partial charge in [0.25, 0.3) is 0 Å². The van der Waals surface area contributed by atoms with E-state index >= 15 is 0 Å². The van der Waals surface area contributed by atoms with E-state index in [-0.39, 0.29) is 5.92 Å². The fourth-order valence-corrected chi connectivity index (χ4v) is 2.22. The molecule has 0 radical (unpaired) electrons. The molecule has 0 heterocycles. The lowest BCUT2D eigenvalue weighted by Gasteiger charge is -2.33. The molecule has 16 heavy (non-hydrogen) atoms. The van der Waals surface area contributed by atoms with Crippen molar-refractivity contribution >= 4 is 5.91 Å². The summed E-state index contributed by atoms with van der Waals surface area (Å²) in [6.45, 7) is 6.62. The molecule has 1 aliphatic rings. The third-order valence-corrected chi connectivity index (χ3v) is 3.66. The van der Waals surface area contributed by atoms with E-state index in [0.29, 0.717) is 12.5 Å². The van der Waals surface area contributed by atoms with Gasteiger partial charge in [-0.15, -0.1) is 0 Å². The van der Waals surface area contributed by atoms with Gasteiger partial charge in [0.1, 0.15) is 0 Å². The Kier molecular flexibility index (Phi) is 5.81. The molecule has 3 heteroatoms. The first-order chi connectivity index (χ1) is 7.69. The Labute approximate surface area is 99.4 Å². The Morgan fingerprint density at radius 2 is 2.19 bits per heavy atom. The molecule has 1 rings (SSSR count). The normalized spacial score (nSPS) is 17.9. The number of amides is 1. The topological polar surface area (TPSA) is 46.3 Å².